The summed E-state index contributed by atoms with van der Waals surface area (Å²) in [6, 6.07) is 26.8. The fraction of sp³-hybridized carbons (Fsp3) is 0. The molecule has 0 saturated carbocycles. The summed E-state index contributed by atoms with van der Waals surface area (Å²) in [4.78, 5) is 9.02. The predicted molar refractivity (Wildman–Crippen MR) is 100 cm³/mol. The molecule has 0 bridgehead atoms. The van der Waals surface area contributed by atoms with Crippen molar-refractivity contribution in [3.63, 3.8) is 0 Å². The SMILES string of the molecule is NC(=Nc1ccccc1N=C(N)c1ccccc1)c1ccccc1. The number of nitrogens with zero attached hydrogens (tertiary/aromatic N) is 2. The molecule has 3 rings (SSSR count). The van der Waals surface area contributed by atoms with Gasteiger partial charge in [-0.15, -0.1) is 0 Å². The molecule has 118 valence electrons. The maximum atomic E-state index is 6.11. The smallest absolute Gasteiger partial charge is 0.131 e. The number of hydrogen-bond donors (Lipinski definition) is 2. The van der Waals surface area contributed by atoms with Crippen molar-refractivity contribution < 1.29 is 0 Å². The highest BCUT2D eigenvalue weighted by Gasteiger charge is 2.04. The Hall–Kier alpha value is -3.40. The van der Waals surface area contributed by atoms with Crippen molar-refractivity contribution in [3.05, 3.63) is 96.1 Å². The maximum absolute atomic E-state index is 6.11. The molecule has 0 spiro atoms. The molecule has 0 aliphatic heterocycles. The molecule has 0 atom stereocenters. The second kappa shape index (κ2) is 7.24. The number of hydrogen-bond acceptors (Lipinski definition) is 2. The van der Waals surface area contributed by atoms with Gasteiger partial charge in [0.25, 0.3) is 0 Å². The van der Waals surface area contributed by atoms with Crippen molar-refractivity contribution in [1.82, 2.24) is 0 Å². The van der Waals surface area contributed by atoms with E-state index in [1.165, 1.54) is 0 Å². The lowest BCUT2D eigenvalue weighted by atomic mass is 10.2. The van der Waals surface area contributed by atoms with Crippen LogP contribution in [0.4, 0.5) is 11.4 Å². The lowest BCUT2D eigenvalue weighted by Gasteiger charge is -2.05. The Bertz CT molecular complexity index is 794. The van der Waals surface area contributed by atoms with Gasteiger partial charge in [-0.05, 0) is 12.1 Å². The molecule has 0 amide bonds. The van der Waals surface area contributed by atoms with Crippen molar-refractivity contribution in [1.29, 1.82) is 0 Å². The van der Waals surface area contributed by atoms with Gasteiger partial charge in [0.1, 0.15) is 11.7 Å². The summed E-state index contributed by atoms with van der Waals surface area (Å²) in [7, 11) is 0. The van der Waals surface area contributed by atoms with E-state index in [-0.39, 0.29) is 0 Å². The lowest BCUT2D eigenvalue weighted by molar-refractivity contribution is 1.39. The van der Waals surface area contributed by atoms with Gasteiger partial charge in [-0.3, -0.25) is 0 Å². The summed E-state index contributed by atoms with van der Waals surface area (Å²) in [5.74, 6) is 0.882. The van der Waals surface area contributed by atoms with Crippen LogP contribution < -0.4 is 11.5 Å². The molecule has 4 N–H and O–H groups in total. The highest BCUT2D eigenvalue weighted by molar-refractivity contribution is 6.01. The minimum Gasteiger partial charge on any atom is -0.383 e. The molecular weight excluding hydrogens is 296 g/mol. The Labute approximate surface area is 141 Å². The monoisotopic (exact) mass is 314 g/mol. The van der Waals surface area contributed by atoms with E-state index >= 15 is 0 Å². The van der Waals surface area contributed by atoms with E-state index in [0.29, 0.717) is 23.0 Å². The third-order valence-corrected chi connectivity index (χ3v) is 3.50. The average Bonchev–Trinajstić information content (AvgIpc) is 2.64. The quantitative estimate of drug-likeness (QED) is 0.568. The zero-order valence-electron chi connectivity index (χ0n) is 13.1. The van der Waals surface area contributed by atoms with Crippen LogP contribution >= 0.6 is 0 Å². The standard InChI is InChI=1S/C20H18N4/c21-19(15-9-3-1-4-10-15)23-17-13-7-8-14-18(17)24-20(22)16-11-5-2-6-12-16/h1-14H,(H2,21,23)(H2,22,24). The third kappa shape index (κ3) is 3.67. The van der Waals surface area contributed by atoms with E-state index in [1.54, 1.807) is 0 Å². The van der Waals surface area contributed by atoms with Gasteiger partial charge >= 0.3 is 0 Å². The first-order valence-corrected chi connectivity index (χ1v) is 7.62. The molecule has 3 aromatic carbocycles. The number of para-hydroxylation sites is 2. The Morgan fingerprint density at radius 3 is 1.21 bits per heavy atom. The molecule has 0 fully saturated rings. The van der Waals surface area contributed by atoms with Gasteiger partial charge in [-0.1, -0.05) is 72.8 Å². The first-order valence-electron chi connectivity index (χ1n) is 7.62. The summed E-state index contributed by atoms with van der Waals surface area (Å²) < 4.78 is 0. The van der Waals surface area contributed by atoms with Crippen LogP contribution in [0.5, 0.6) is 0 Å². The second-order valence-electron chi connectivity index (χ2n) is 5.21. The zero-order valence-corrected chi connectivity index (χ0v) is 13.1. The van der Waals surface area contributed by atoms with Crippen LogP contribution in [0.1, 0.15) is 11.1 Å². The Morgan fingerprint density at radius 1 is 0.500 bits per heavy atom. The third-order valence-electron chi connectivity index (χ3n) is 3.50. The molecule has 0 aliphatic carbocycles. The number of aliphatic imine (C=N–C) groups is 2. The summed E-state index contributed by atoms with van der Waals surface area (Å²) in [5.41, 5.74) is 15.3. The van der Waals surface area contributed by atoms with Gasteiger partial charge < -0.3 is 11.5 Å². The summed E-state index contributed by atoms with van der Waals surface area (Å²) >= 11 is 0. The summed E-state index contributed by atoms with van der Waals surface area (Å²) in [5, 5.41) is 0. The molecule has 4 heteroatoms. The van der Waals surface area contributed by atoms with Gasteiger partial charge in [0.05, 0.1) is 11.4 Å². The molecule has 0 aromatic heterocycles. The van der Waals surface area contributed by atoms with Crippen LogP contribution in [-0.2, 0) is 0 Å². The molecule has 0 saturated heterocycles. The van der Waals surface area contributed by atoms with Gasteiger partial charge in [-0.25, -0.2) is 9.98 Å². The number of amidine groups is 2. The van der Waals surface area contributed by atoms with Gasteiger partial charge in [0.2, 0.25) is 0 Å². The Balaban J connectivity index is 1.97. The number of rotatable bonds is 4. The van der Waals surface area contributed by atoms with Crippen LogP contribution in [0.2, 0.25) is 0 Å². The Kier molecular flexibility index (Phi) is 4.68. The molecule has 0 unspecified atom stereocenters. The van der Waals surface area contributed by atoms with Crippen molar-refractivity contribution in [2.75, 3.05) is 0 Å². The van der Waals surface area contributed by atoms with Gasteiger partial charge in [-0.2, -0.15) is 0 Å². The van der Waals surface area contributed by atoms with Crippen LogP contribution in [0, 0.1) is 0 Å². The van der Waals surface area contributed by atoms with E-state index in [1.807, 2.05) is 84.9 Å². The first kappa shape index (κ1) is 15.5. The lowest BCUT2D eigenvalue weighted by Crippen LogP contribution is -2.13. The molecule has 3 aromatic rings. The van der Waals surface area contributed by atoms with Crippen LogP contribution in [0.25, 0.3) is 0 Å². The van der Waals surface area contributed by atoms with Gasteiger partial charge in [0, 0.05) is 11.1 Å². The highest BCUT2D eigenvalue weighted by atomic mass is 14.9. The van der Waals surface area contributed by atoms with Crippen molar-refractivity contribution in [3.8, 4) is 0 Å². The van der Waals surface area contributed by atoms with E-state index in [9.17, 15) is 0 Å². The second-order valence-corrected chi connectivity index (χ2v) is 5.21. The average molecular weight is 314 g/mol. The molecule has 0 heterocycles. The van der Waals surface area contributed by atoms with Crippen molar-refractivity contribution >= 4 is 23.0 Å². The normalized spacial score (nSPS) is 12.2. The minimum absolute atomic E-state index is 0.441. The highest BCUT2D eigenvalue weighted by Crippen LogP contribution is 2.28. The maximum Gasteiger partial charge on any atom is 0.131 e. The summed E-state index contributed by atoms with van der Waals surface area (Å²) in [6.07, 6.45) is 0. The zero-order chi connectivity index (χ0) is 16.8. The fourth-order valence-electron chi connectivity index (χ4n) is 2.26. The predicted octanol–water partition coefficient (Wildman–Crippen LogP) is 3.76. The molecular formula is C20H18N4. The molecule has 0 aliphatic rings. The molecule has 24 heavy (non-hydrogen) atoms. The largest absolute Gasteiger partial charge is 0.383 e. The first-order chi connectivity index (χ1) is 11.7. The number of benzene rings is 3. The van der Waals surface area contributed by atoms with Crippen LogP contribution in [-0.4, -0.2) is 11.7 Å². The van der Waals surface area contributed by atoms with Gasteiger partial charge in [0.15, 0.2) is 0 Å². The minimum atomic E-state index is 0.441. The number of nitrogens with two attached hydrogens (primary N) is 2. The molecule has 0 radical (unpaired) electrons. The topological polar surface area (TPSA) is 76.8 Å². The van der Waals surface area contributed by atoms with Crippen LogP contribution in [0.3, 0.4) is 0 Å². The fourth-order valence-corrected chi connectivity index (χ4v) is 2.26. The molecule has 4 nitrogen and oxygen atoms in total. The van der Waals surface area contributed by atoms with Crippen molar-refractivity contribution in [2.45, 2.75) is 0 Å². The summed E-state index contributed by atoms with van der Waals surface area (Å²) in [6.45, 7) is 0. The van der Waals surface area contributed by atoms with E-state index in [0.717, 1.165) is 11.1 Å². The Morgan fingerprint density at radius 2 is 0.833 bits per heavy atom. The van der Waals surface area contributed by atoms with E-state index < -0.39 is 0 Å². The van der Waals surface area contributed by atoms with E-state index in [2.05, 4.69) is 9.98 Å². The van der Waals surface area contributed by atoms with Crippen molar-refractivity contribution in [2.24, 2.45) is 21.5 Å². The van der Waals surface area contributed by atoms with E-state index in [4.69, 9.17) is 11.5 Å². The van der Waals surface area contributed by atoms with Crippen LogP contribution in [0.15, 0.2) is 94.9 Å².